The van der Waals surface area contributed by atoms with E-state index in [9.17, 15) is 0 Å². The van der Waals surface area contributed by atoms with E-state index in [4.69, 9.17) is 9.73 Å². The van der Waals surface area contributed by atoms with Gasteiger partial charge in [0, 0.05) is 45.4 Å². The quantitative estimate of drug-likeness (QED) is 0.597. The highest BCUT2D eigenvalue weighted by Crippen LogP contribution is 2.19. The van der Waals surface area contributed by atoms with E-state index in [0.29, 0.717) is 18.1 Å². The number of hydrogen-bond donors (Lipinski definition) is 1. The van der Waals surface area contributed by atoms with Crippen molar-refractivity contribution in [2.75, 3.05) is 45.9 Å². The molecule has 2 heterocycles. The zero-order valence-electron chi connectivity index (χ0n) is 16.3. The summed E-state index contributed by atoms with van der Waals surface area (Å²) in [5.41, 5.74) is 0. The van der Waals surface area contributed by atoms with Crippen molar-refractivity contribution in [1.82, 2.24) is 15.1 Å². The fraction of sp³-hybridized carbons (Fsp3) is 0.947. The molecule has 0 aromatic rings. The first-order chi connectivity index (χ1) is 11.6. The van der Waals surface area contributed by atoms with Crippen molar-refractivity contribution >= 4 is 5.96 Å². The second kappa shape index (κ2) is 10.2. The highest BCUT2D eigenvalue weighted by molar-refractivity contribution is 5.80. The van der Waals surface area contributed by atoms with Crippen LogP contribution in [0.15, 0.2) is 4.99 Å². The van der Waals surface area contributed by atoms with Gasteiger partial charge in [0.25, 0.3) is 0 Å². The van der Waals surface area contributed by atoms with Crippen molar-refractivity contribution in [2.45, 2.75) is 65.5 Å². The molecule has 1 N–H and O–H groups in total. The highest BCUT2D eigenvalue weighted by atomic mass is 16.5. The summed E-state index contributed by atoms with van der Waals surface area (Å²) in [6.45, 7) is 16.1. The van der Waals surface area contributed by atoms with Crippen molar-refractivity contribution in [3.63, 3.8) is 0 Å². The van der Waals surface area contributed by atoms with Crippen molar-refractivity contribution < 1.29 is 4.74 Å². The highest BCUT2D eigenvalue weighted by Gasteiger charge is 2.24. The third-order valence-electron chi connectivity index (χ3n) is 5.26. The van der Waals surface area contributed by atoms with Gasteiger partial charge in [0.1, 0.15) is 0 Å². The molecule has 1 unspecified atom stereocenters. The number of guanidine groups is 1. The van der Waals surface area contributed by atoms with Crippen LogP contribution in [0.2, 0.25) is 0 Å². The molecular formula is C19H38N4O. The topological polar surface area (TPSA) is 40.1 Å². The molecule has 0 aromatic heterocycles. The number of nitrogens with zero attached hydrogens (tertiary/aromatic N) is 3. The smallest absolute Gasteiger partial charge is 0.193 e. The standard InChI is InChI=1S/C19H38N4O/c1-5-20-19(22-12-9-18(10-13-22)24-6-2)21-14-17-8-7-11-23(15-17)16(3)4/h16-18H,5-15H2,1-4H3,(H,20,21). The van der Waals surface area contributed by atoms with Gasteiger partial charge < -0.3 is 19.9 Å². The van der Waals surface area contributed by atoms with Gasteiger partial charge in [0.15, 0.2) is 5.96 Å². The molecule has 140 valence electrons. The maximum absolute atomic E-state index is 5.77. The van der Waals surface area contributed by atoms with Crippen LogP contribution in [0, 0.1) is 5.92 Å². The van der Waals surface area contributed by atoms with E-state index in [0.717, 1.165) is 51.6 Å². The van der Waals surface area contributed by atoms with Gasteiger partial charge in [0.05, 0.1) is 6.10 Å². The molecule has 5 nitrogen and oxygen atoms in total. The summed E-state index contributed by atoms with van der Waals surface area (Å²) < 4.78 is 5.77. The lowest BCUT2D eigenvalue weighted by Crippen LogP contribution is -2.47. The van der Waals surface area contributed by atoms with Crippen LogP contribution in [0.4, 0.5) is 0 Å². The Hall–Kier alpha value is -0.810. The van der Waals surface area contributed by atoms with E-state index in [2.05, 4.69) is 42.8 Å². The van der Waals surface area contributed by atoms with Gasteiger partial charge in [-0.15, -0.1) is 0 Å². The Bertz CT molecular complexity index is 378. The lowest BCUT2D eigenvalue weighted by atomic mass is 9.97. The van der Waals surface area contributed by atoms with E-state index in [1.807, 2.05) is 0 Å². The van der Waals surface area contributed by atoms with E-state index < -0.39 is 0 Å². The minimum Gasteiger partial charge on any atom is -0.378 e. The van der Waals surface area contributed by atoms with Crippen LogP contribution in [-0.4, -0.2) is 73.8 Å². The van der Waals surface area contributed by atoms with Gasteiger partial charge in [-0.2, -0.15) is 0 Å². The third-order valence-corrected chi connectivity index (χ3v) is 5.26. The molecule has 2 aliphatic heterocycles. The molecule has 0 saturated carbocycles. The first-order valence-corrected chi connectivity index (χ1v) is 10.0. The minimum absolute atomic E-state index is 0.437. The van der Waals surface area contributed by atoms with Crippen LogP contribution in [0.5, 0.6) is 0 Å². The Morgan fingerprint density at radius 2 is 1.92 bits per heavy atom. The summed E-state index contributed by atoms with van der Waals surface area (Å²) in [4.78, 5) is 10.0. The average Bonchev–Trinajstić information content (AvgIpc) is 2.60. The summed E-state index contributed by atoms with van der Waals surface area (Å²) in [5.74, 6) is 1.81. The predicted octanol–water partition coefficient (Wildman–Crippen LogP) is 2.57. The van der Waals surface area contributed by atoms with E-state index in [-0.39, 0.29) is 0 Å². The molecule has 0 amide bonds. The minimum atomic E-state index is 0.437. The first kappa shape index (κ1) is 19.5. The third kappa shape index (κ3) is 5.92. The monoisotopic (exact) mass is 338 g/mol. The molecule has 0 radical (unpaired) electrons. The molecule has 24 heavy (non-hydrogen) atoms. The maximum atomic E-state index is 5.77. The number of ether oxygens (including phenoxy) is 1. The van der Waals surface area contributed by atoms with Gasteiger partial charge in [-0.25, -0.2) is 0 Å². The normalized spacial score (nSPS) is 24.6. The summed E-state index contributed by atoms with van der Waals surface area (Å²) in [7, 11) is 0. The van der Waals surface area contributed by atoms with Crippen LogP contribution in [0.1, 0.15) is 53.4 Å². The number of aliphatic imine (C=N–C) groups is 1. The first-order valence-electron chi connectivity index (χ1n) is 10.0. The number of hydrogen-bond acceptors (Lipinski definition) is 3. The van der Waals surface area contributed by atoms with Crippen molar-refractivity contribution in [3.05, 3.63) is 0 Å². The molecule has 2 aliphatic rings. The molecule has 0 aliphatic carbocycles. The zero-order valence-corrected chi connectivity index (χ0v) is 16.3. The van der Waals surface area contributed by atoms with Crippen molar-refractivity contribution in [1.29, 1.82) is 0 Å². The fourth-order valence-electron chi connectivity index (χ4n) is 3.83. The predicted molar refractivity (Wildman–Crippen MR) is 102 cm³/mol. The Balaban J connectivity index is 1.86. The summed E-state index contributed by atoms with van der Waals surface area (Å²) in [5, 5.41) is 3.49. The lowest BCUT2D eigenvalue weighted by molar-refractivity contribution is 0.0263. The van der Waals surface area contributed by atoms with Gasteiger partial charge in [-0.3, -0.25) is 4.99 Å². The molecular weight excluding hydrogens is 300 g/mol. The van der Waals surface area contributed by atoms with E-state index in [1.54, 1.807) is 0 Å². The Kier molecular flexibility index (Phi) is 8.33. The molecule has 0 spiro atoms. The van der Waals surface area contributed by atoms with Crippen LogP contribution in [-0.2, 0) is 4.74 Å². The fourth-order valence-corrected chi connectivity index (χ4v) is 3.83. The largest absolute Gasteiger partial charge is 0.378 e. The average molecular weight is 339 g/mol. The number of nitrogens with one attached hydrogen (secondary N) is 1. The molecule has 2 rings (SSSR count). The molecule has 5 heteroatoms. The van der Waals surface area contributed by atoms with Crippen LogP contribution in [0.25, 0.3) is 0 Å². The Morgan fingerprint density at radius 1 is 1.17 bits per heavy atom. The Labute approximate surface area is 148 Å². The second-order valence-electron chi connectivity index (χ2n) is 7.43. The number of rotatable bonds is 6. The molecule has 2 fully saturated rings. The molecule has 0 bridgehead atoms. The van der Waals surface area contributed by atoms with Gasteiger partial charge >= 0.3 is 0 Å². The van der Waals surface area contributed by atoms with E-state index >= 15 is 0 Å². The lowest BCUT2D eigenvalue weighted by Gasteiger charge is -2.36. The number of piperidine rings is 2. The van der Waals surface area contributed by atoms with Gasteiger partial charge in [-0.05, 0) is 65.8 Å². The van der Waals surface area contributed by atoms with Crippen LogP contribution >= 0.6 is 0 Å². The summed E-state index contributed by atoms with van der Waals surface area (Å²) in [6, 6.07) is 0.655. The van der Waals surface area contributed by atoms with Crippen molar-refractivity contribution in [3.8, 4) is 0 Å². The Morgan fingerprint density at radius 3 is 2.54 bits per heavy atom. The molecule has 0 aromatic carbocycles. The SMILES string of the molecule is CCNC(=NCC1CCCN(C(C)C)C1)N1CCC(OCC)CC1. The van der Waals surface area contributed by atoms with Gasteiger partial charge in [0.2, 0.25) is 0 Å². The number of likely N-dealkylation sites (tertiary alicyclic amines) is 2. The summed E-state index contributed by atoms with van der Waals surface area (Å²) in [6.07, 6.45) is 5.30. The maximum Gasteiger partial charge on any atom is 0.193 e. The van der Waals surface area contributed by atoms with Crippen LogP contribution in [0.3, 0.4) is 0 Å². The van der Waals surface area contributed by atoms with E-state index in [1.165, 1.54) is 25.9 Å². The van der Waals surface area contributed by atoms with Crippen molar-refractivity contribution in [2.24, 2.45) is 10.9 Å². The molecule has 2 saturated heterocycles. The van der Waals surface area contributed by atoms with Crippen LogP contribution < -0.4 is 5.32 Å². The summed E-state index contributed by atoms with van der Waals surface area (Å²) >= 11 is 0. The molecule has 1 atom stereocenters. The zero-order chi connectivity index (χ0) is 17.4. The van der Waals surface area contributed by atoms with Gasteiger partial charge in [-0.1, -0.05) is 0 Å². The second-order valence-corrected chi connectivity index (χ2v) is 7.43.